The zero-order valence-corrected chi connectivity index (χ0v) is 14.7. The number of nitrogen functional groups attached to an aromatic ring is 1. The van der Waals surface area contributed by atoms with Gasteiger partial charge < -0.3 is 15.9 Å². The minimum atomic E-state index is -0.587. The van der Waals surface area contributed by atoms with Crippen molar-refractivity contribution >= 4 is 29.0 Å². The number of amides is 1. The summed E-state index contributed by atoms with van der Waals surface area (Å²) in [4.78, 5) is 22.6. The molecule has 2 aromatic rings. The number of aromatic nitrogens is 3. The Kier molecular flexibility index (Phi) is 5.80. The minimum Gasteiger partial charge on any atom is -0.496 e. The van der Waals surface area contributed by atoms with E-state index in [2.05, 4.69) is 15.5 Å². The van der Waals surface area contributed by atoms with E-state index in [0.29, 0.717) is 16.7 Å². The van der Waals surface area contributed by atoms with Gasteiger partial charge in [0.25, 0.3) is 5.69 Å². The van der Waals surface area contributed by atoms with Crippen LogP contribution in [0.25, 0.3) is 0 Å². The van der Waals surface area contributed by atoms with Gasteiger partial charge in [-0.05, 0) is 12.1 Å². The van der Waals surface area contributed by atoms with Gasteiger partial charge in [-0.1, -0.05) is 25.6 Å². The SMILES string of the molecule is COc1ccc(NC(=O)CSc2nnc(C(C)C)n2N)c([N+](=O)[O-])c1. The third kappa shape index (κ3) is 4.38. The first-order chi connectivity index (χ1) is 11.8. The average Bonchev–Trinajstić information content (AvgIpc) is 2.94. The number of nitro benzene ring substituents is 1. The molecule has 0 saturated heterocycles. The van der Waals surface area contributed by atoms with Gasteiger partial charge in [-0.2, -0.15) is 0 Å². The van der Waals surface area contributed by atoms with Gasteiger partial charge >= 0.3 is 0 Å². The van der Waals surface area contributed by atoms with Crippen molar-refractivity contribution in [2.45, 2.75) is 24.9 Å². The van der Waals surface area contributed by atoms with E-state index in [1.54, 1.807) is 0 Å². The van der Waals surface area contributed by atoms with Gasteiger partial charge in [0.2, 0.25) is 11.1 Å². The molecule has 134 valence electrons. The Morgan fingerprint density at radius 1 is 1.48 bits per heavy atom. The number of carbonyl (C=O) groups is 1. The van der Waals surface area contributed by atoms with E-state index < -0.39 is 10.8 Å². The number of nitrogens with two attached hydrogens (primary N) is 1. The first kappa shape index (κ1) is 18.5. The molecule has 0 aliphatic carbocycles. The van der Waals surface area contributed by atoms with Crippen LogP contribution in [0.3, 0.4) is 0 Å². The number of nitrogens with zero attached hydrogens (tertiary/aromatic N) is 4. The van der Waals surface area contributed by atoms with Gasteiger partial charge in [0.05, 0.1) is 23.9 Å². The van der Waals surface area contributed by atoms with Crippen molar-refractivity contribution in [1.29, 1.82) is 0 Å². The third-order valence-electron chi connectivity index (χ3n) is 3.22. The van der Waals surface area contributed by atoms with Crippen LogP contribution in [-0.2, 0) is 4.79 Å². The summed E-state index contributed by atoms with van der Waals surface area (Å²) in [5.74, 6) is 6.47. The molecule has 2 rings (SSSR count). The van der Waals surface area contributed by atoms with Crippen LogP contribution in [0.4, 0.5) is 11.4 Å². The van der Waals surface area contributed by atoms with Crippen LogP contribution in [-0.4, -0.2) is 38.6 Å². The molecule has 0 fully saturated rings. The highest BCUT2D eigenvalue weighted by Crippen LogP contribution is 2.29. The van der Waals surface area contributed by atoms with E-state index in [0.717, 1.165) is 11.8 Å². The minimum absolute atomic E-state index is 0.0172. The maximum Gasteiger partial charge on any atom is 0.296 e. The number of hydrogen-bond acceptors (Lipinski definition) is 8. The van der Waals surface area contributed by atoms with E-state index in [1.807, 2.05) is 13.8 Å². The lowest BCUT2D eigenvalue weighted by molar-refractivity contribution is -0.384. The molecule has 0 bridgehead atoms. The van der Waals surface area contributed by atoms with Crippen LogP contribution >= 0.6 is 11.8 Å². The molecule has 0 radical (unpaired) electrons. The number of carbonyl (C=O) groups excluding carboxylic acids is 1. The lowest BCUT2D eigenvalue weighted by Gasteiger charge is -2.08. The van der Waals surface area contributed by atoms with Gasteiger partial charge in [-0.25, -0.2) is 4.68 Å². The zero-order chi connectivity index (χ0) is 18.6. The number of benzene rings is 1. The summed E-state index contributed by atoms with van der Waals surface area (Å²) in [5, 5.41) is 21.9. The third-order valence-corrected chi connectivity index (χ3v) is 4.16. The quantitative estimate of drug-likeness (QED) is 0.327. The predicted molar refractivity (Wildman–Crippen MR) is 93.3 cm³/mol. The van der Waals surface area contributed by atoms with E-state index in [9.17, 15) is 14.9 Å². The Balaban J connectivity index is 2.05. The van der Waals surface area contributed by atoms with Gasteiger partial charge in [-0.3, -0.25) is 14.9 Å². The first-order valence-electron chi connectivity index (χ1n) is 7.29. The summed E-state index contributed by atoms with van der Waals surface area (Å²) in [6.07, 6.45) is 0. The van der Waals surface area contributed by atoms with Crippen molar-refractivity contribution in [2.24, 2.45) is 0 Å². The number of nitrogens with one attached hydrogen (secondary N) is 1. The van der Waals surface area contributed by atoms with Crippen LogP contribution in [0.1, 0.15) is 25.6 Å². The van der Waals surface area contributed by atoms with Crippen molar-refractivity contribution in [3.8, 4) is 5.75 Å². The topological polar surface area (TPSA) is 138 Å². The molecule has 0 unspecified atom stereocenters. The zero-order valence-electron chi connectivity index (χ0n) is 13.9. The monoisotopic (exact) mass is 366 g/mol. The van der Waals surface area contributed by atoms with Crippen LogP contribution in [0.15, 0.2) is 23.4 Å². The Morgan fingerprint density at radius 3 is 2.76 bits per heavy atom. The summed E-state index contributed by atoms with van der Waals surface area (Å²) < 4.78 is 6.28. The molecular formula is C14H18N6O4S. The molecule has 0 aliphatic heterocycles. The highest BCUT2D eigenvalue weighted by atomic mass is 32.2. The molecule has 1 amide bonds. The Labute approximate surface area is 147 Å². The molecule has 0 saturated carbocycles. The second kappa shape index (κ2) is 7.83. The molecule has 1 aromatic heterocycles. The number of hydrogen-bond donors (Lipinski definition) is 2. The number of ether oxygens (including phenoxy) is 1. The van der Waals surface area contributed by atoms with Gasteiger partial charge in [0.15, 0.2) is 5.82 Å². The van der Waals surface area contributed by atoms with Crippen molar-refractivity contribution in [3.63, 3.8) is 0 Å². The summed E-state index contributed by atoms with van der Waals surface area (Å²) >= 11 is 1.09. The van der Waals surface area contributed by atoms with Crippen molar-refractivity contribution in [2.75, 3.05) is 24.0 Å². The normalized spacial score (nSPS) is 10.7. The maximum absolute atomic E-state index is 12.1. The fourth-order valence-electron chi connectivity index (χ4n) is 1.99. The van der Waals surface area contributed by atoms with Crippen LogP contribution in [0.5, 0.6) is 5.75 Å². The molecule has 25 heavy (non-hydrogen) atoms. The largest absolute Gasteiger partial charge is 0.496 e. The number of methoxy groups -OCH3 is 1. The number of anilines is 1. The van der Waals surface area contributed by atoms with Crippen LogP contribution < -0.4 is 15.9 Å². The smallest absolute Gasteiger partial charge is 0.296 e. The van der Waals surface area contributed by atoms with Crippen molar-refractivity contribution < 1.29 is 14.5 Å². The van der Waals surface area contributed by atoms with Gasteiger partial charge in [0, 0.05) is 5.92 Å². The fraction of sp³-hybridized carbons (Fsp3) is 0.357. The highest BCUT2D eigenvalue weighted by molar-refractivity contribution is 7.99. The van der Waals surface area contributed by atoms with Crippen molar-refractivity contribution in [1.82, 2.24) is 14.9 Å². The molecule has 11 heteroatoms. The van der Waals surface area contributed by atoms with E-state index in [4.69, 9.17) is 10.6 Å². The molecule has 0 atom stereocenters. The lowest BCUT2D eigenvalue weighted by atomic mass is 10.2. The number of rotatable bonds is 7. The summed E-state index contributed by atoms with van der Waals surface area (Å²) in [6, 6.07) is 4.19. The van der Waals surface area contributed by atoms with E-state index >= 15 is 0 Å². The van der Waals surface area contributed by atoms with Crippen molar-refractivity contribution in [3.05, 3.63) is 34.1 Å². The van der Waals surface area contributed by atoms with Gasteiger partial charge in [0.1, 0.15) is 11.4 Å². The molecule has 10 nitrogen and oxygen atoms in total. The molecular weight excluding hydrogens is 348 g/mol. The molecule has 1 heterocycles. The van der Waals surface area contributed by atoms with Gasteiger partial charge in [-0.15, -0.1) is 10.2 Å². The standard InChI is InChI=1S/C14H18N6O4S/c1-8(2)13-17-18-14(19(13)15)25-7-12(21)16-10-5-4-9(24-3)6-11(10)20(22)23/h4-6,8H,7,15H2,1-3H3,(H,16,21). The highest BCUT2D eigenvalue weighted by Gasteiger charge is 2.19. The van der Waals surface area contributed by atoms with E-state index in [-0.39, 0.29) is 23.0 Å². The lowest BCUT2D eigenvalue weighted by Crippen LogP contribution is -2.18. The molecule has 0 spiro atoms. The molecule has 3 N–H and O–H groups in total. The average molecular weight is 366 g/mol. The number of thioether (sulfide) groups is 1. The van der Waals surface area contributed by atoms with Crippen LogP contribution in [0, 0.1) is 10.1 Å². The van der Waals surface area contributed by atoms with Crippen LogP contribution in [0.2, 0.25) is 0 Å². The Hall–Kier alpha value is -2.82. The first-order valence-corrected chi connectivity index (χ1v) is 8.27. The van der Waals surface area contributed by atoms with E-state index in [1.165, 1.54) is 30.0 Å². The molecule has 0 aliphatic rings. The Morgan fingerprint density at radius 2 is 2.20 bits per heavy atom. The molecule has 1 aromatic carbocycles. The summed E-state index contributed by atoms with van der Waals surface area (Å²) in [6.45, 7) is 3.86. The maximum atomic E-state index is 12.1. The fourth-order valence-corrected chi connectivity index (χ4v) is 2.66. The Bertz CT molecular complexity index is 792. The second-order valence-electron chi connectivity index (χ2n) is 5.34. The predicted octanol–water partition coefficient (Wildman–Crippen LogP) is 1.76. The second-order valence-corrected chi connectivity index (χ2v) is 6.29. The number of nitro groups is 1. The summed E-state index contributed by atoms with van der Waals surface area (Å²) in [7, 11) is 1.41. The summed E-state index contributed by atoms with van der Waals surface area (Å²) in [5.41, 5.74) is -0.157.